The zero-order valence-corrected chi connectivity index (χ0v) is 13.6. The molecule has 1 aromatic carbocycles. The summed E-state index contributed by atoms with van der Waals surface area (Å²) in [7, 11) is 0. The smallest absolute Gasteiger partial charge is 0.395 e. The highest BCUT2D eigenvalue weighted by Crippen LogP contribution is 2.37. The van der Waals surface area contributed by atoms with Gasteiger partial charge in [0, 0.05) is 12.3 Å². The molecule has 4 amide bonds. The van der Waals surface area contributed by atoms with E-state index < -0.39 is 42.4 Å². The van der Waals surface area contributed by atoms with Crippen LogP contribution in [0, 0.1) is 17.2 Å². The molecule has 0 aromatic heterocycles. The number of nitrogens with one attached hydrogen (secondary N) is 1. The molecule has 0 fully saturated rings. The van der Waals surface area contributed by atoms with E-state index >= 15 is 0 Å². The Bertz CT molecular complexity index is 786. The van der Waals surface area contributed by atoms with E-state index in [0.29, 0.717) is 4.90 Å². The summed E-state index contributed by atoms with van der Waals surface area (Å²) in [4.78, 5) is 28.7. The highest BCUT2D eigenvalue weighted by Gasteiger charge is 2.42. The average Bonchev–Trinajstić information content (AvgIpc) is 2.58. The van der Waals surface area contributed by atoms with Crippen LogP contribution in [0.4, 0.5) is 22.8 Å². The molecule has 1 aliphatic rings. The Morgan fingerprint density at radius 1 is 1.46 bits per heavy atom. The van der Waals surface area contributed by atoms with Crippen molar-refractivity contribution in [2.45, 2.75) is 19.1 Å². The standard InChI is InChI=1S/C16H15F3N4O3/c1-9-12(8-20)13(10-3-2-4-11(7-10)16(17,18)19)23(15(26)22-9)14(25)21-5-6-24/h2-4,7,12-13,24H,5-6H2,1H3,(H,21,25). The van der Waals surface area contributed by atoms with Gasteiger partial charge in [0.25, 0.3) is 0 Å². The maximum absolute atomic E-state index is 13.0. The molecule has 0 aliphatic carbocycles. The highest BCUT2D eigenvalue weighted by atomic mass is 19.4. The van der Waals surface area contributed by atoms with Gasteiger partial charge in [0.1, 0.15) is 5.92 Å². The summed E-state index contributed by atoms with van der Waals surface area (Å²) in [6, 6.07) is 2.77. The number of nitriles is 1. The summed E-state index contributed by atoms with van der Waals surface area (Å²) in [6.07, 6.45) is -4.62. The van der Waals surface area contributed by atoms with Gasteiger partial charge in [-0.05, 0) is 24.6 Å². The van der Waals surface area contributed by atoms with Gasteiger partial charge in [-0.3, -0.25) is 0 Å². The van der Waals surface area contributed by atoms with Crippen molar-refractivity contribution in [3.8, 4) is 6.07 Å². The number of aliphatic hydroxyl groups is 1. The topological polar surface area (TPSA) is 106 Å². The molecule has 1 aromatic rings. The first-order valence-corrected chi connectivity index (χ1v) is 7.54. The number of benzene rings is 1. The monoisotopic (exact) mass is 368 g/mol. The highest BCUT2D eigenvalue weighted by molar-refractivity contribution is 6.05. The molecule has 0 saturated heterocycles. The second-order valence-corrected chi connectivity index (χ2v) is 5.54. The molecule has 10 heteroatoms. The number of imide groups is 1. The minimum atomic E-state index is -4.62. The second kappa shape index (κ2) is 7.53. The Balaban J connectivity index is 2.55. The van der Waals surface area contributed by atoms with Crippen molar-refractivity contribution >= 4 is 17.8 Å². The fourth-order valence-electron chi connectivity index (χ4n) is 2.64. The van der Waals surface area contributed by atoms with E-state index in [4.69, 9.17) is 5.11 Å². The Morgan fingerprint density at radius 3 is 2.73 bits per heavy atom. The molecule has 2 rings (SSSR count). The lowest BCUT2D eigenvalue weighted by atomic mass is 9.87. The molecule has 1 aliphatic heterocycles. The Labute approximate surface area is 146 Å². The van der Waals surface area contributed by atoms with Crippen molar-refractivity contribution in [1.82, 2.24) is 10.2 Å². The van der Waals surface area contributed by atoms with Crippen molar-refractivity contribution in [2.24, 2.45) is 10.9 Å². The number of urea groups is 2. The third kappa shape index (κ3) is 3.83. The molecular weight excluding hydrogens is 353 g/mol. The van der Waals surface area contributed by atoms with E-state index in [1.807, 2.05) is 6.07 Å². The molecule has 0 saturated carbocycles. The lowest BCUT2D eigenvalue weighted by molar-refractivity contribution is -0.137. The summed E-state index contributed by atoms with van der Waals surface area (Å²) in [5.74, 6) is -1.10. The molecule has 0 spiro atoms. The molecule has 2 N–H and O–H groups in total. The van der Waals surface area contributed by atoms with Gasteiger partial charge in [-0.15, -0.1) is 0 Å². The van der Waals surface area contributed by atoms with Crippen LogP contribution < -0.4 is 5.32 Å². The predicted octanol–water partition coefficient (Wildman–Crippen LogP) is 2.48. The third-order valence-corrected chi connectivity index (χ3v) is 3.82. The number of hydrogen-bond donors (Lipinski definition) is 2. The van der Waals surface area contributed by atoms with Crippen LogP contribution in [0.5, 0.6) is 0 Å². The van der Waals surface area contributed by atoms with Gasteiger partial charge in [0.05, 0.1) is 24.3 Å². The number of rotatable bonds is 3. The van der Waals surface area contributed by atoms with E-state index in [-0.39, 0.29) is 17.8 Å². The maximum Gasteiger partial charge on any atom is 0.416 e. The van der Waals surface area contributed by atoms with Crippen LogP contribution in [0.3, 0.4) is 0 Å². The number of aliphatic imine (C=N–C) groups is 1. The SMILES string of the molecule is CC1=NC(=O)N(C(=O)NCCO)C(c2cccc(C(F)(F)F)c2)C1C#N. The van der Waals surface area contributed by atoms with E-state index in [1.54, 1.807) is 0 Å². The number of amides is 4. The van der Waals surface area contributed by atoms with Gasteiger partial charge in [-0.25, -0.2) is 19.5 Å². The summed E-state index contributed by atoms with van der Waals surface area (Å²) in [5, 5.41) is 20.5. The Kier molecular flexibility index (Phi) is 5.62. The van der Waals surface area contributed by atoms with Gasteiger partial charge in [-0.1, -0.05) is 12.1 Å². The van der Waals surface area contributed by atoms with Gasteiger partial charge in [0.2, 0.25) is 0 Å². The molecule has 0 bridgehead atoms. The van der Waals surface area contributed by atoms with Crippen LogP contribution in [0.1, 0.15) is 24.1 Å². The van der Waals surface area contributed by atoms with Gasteiger partial charge < -0.3 is 10.4 Å². The van der Waals surface area contributed by atoms with Crippen molar-refractivity contribution in [3.63, 3.8) is 0 Å². The molecule has 7 nitrogen and oxygen atoms in total. The average molecular weight is 368 g/mol. The Hall–Kier alpha value is -2.93. The summed E-state index contributed by atoms with van der Waals surface area (Å²) < 4.78 is 39.0. The summed E-state index contributed by atoms with van der Waals surface area (Å²) in [6.45, 7) is 0.833. The Morgan fingerprint density at radius 2 is 2.15 bits per heavy atom. The number of aliphatic hydroxyl groups excluding tert-OH is 1. The zero-order chi connectivity index (χ0) is 19.5. The fourth-order valence-corrected chi connectivity index (χ4v) is 2.64. The maximum atomic E-state index is 13.0. The van der Waals surface area contributed by atoms with Crippen molar-refractivity contribution < 1.29 is 27.9 Å². The molecule has 0 radical (unpaired) electrons. The number of carbonyl (C=O) groups excluding carboxylic acids is 2. The van der Waals surface area contributed by atoms with Crippen molar-refractivity contribution in [1.29, 1.82) is 5.26 Å². The van der Waals surface area contributed by atoms with E-state index in [0.717, 1.165) is 18.2 Å². The van der Waals surface area contributed by atoms with Gasteiger partial charge in [-0.2, -0.15) is 18.4 Å². The molecule has 2 atom stereocenters. The number of nitrogens with zero attached hydrogens (tertiary/aromatic N) is 3. The first-order valence-electron chi connectivity index (χ1n) is 7.54. The van der Waals surface area contributed by atoms with Crippen LogP contribution in [-0.4, -0.2) is 40.9 Å². The third-order valence-electron chi connectivity index (χ3n) is 3.82. The second-order valence-electron chi connectivity index (χ2n) is 5.54. The molecule has 26 heavy (non-hydrogen) atoms. The van der Waals surface area contributed by atoms with Crippen LogP contribution in [-0.2, 0) is 6.18 Å². The largest absolute Gasteiger partial charge is 0.416 e. The van der Waals surface area contributed by atoms with Crippen molar-refractivity contribution in [3.05, 3.63) is 35.4 Å². The van der Waals surface area contributed by atoms with Crippen LogP contribution in [0.25, 0.3) is 0 Å². The molecule has 2 unspecified atom stereocenters. The lowest BCUT2D eigenvalue weighted by Crippen LogP contribution is -2.51. The first-order chi connectivity index (χ1) is 12.2. The van der Waals surface area contributed by atoms with Gasteiger partial charge >= 0.3 is 18.2 Å². The number of halogens is 3. The van der Waals surface area contributed by atoms with E-state index in [9.17, 15) is 28.0 Å². The first kappa shape index (κ1) is 19.4. The molecular formula is C16H15F3N4O3. The molecule has 1 heterocycles. The summed E-state index contributed by atoms with van der Waals surface area (Å²) in [5.41, 5.74) is -0.880. The van der Waals surface area contributed by atoms with Crippen LogP contribution in [0.15, 0.2) is 29.3 Å². The minimum absolute atomic E-state index is 0.0203. The molecule has 138 valence electrons. The predicted molar refractivity (Wildman–Crippen MR) is 84.1 cm³/mol. The van der Waals surface area contributed by atoms with E-state index in [2.05, 4.69) is 10.3 Å². The van der Waals surface area contributed by atoms with Crippen molar-refractivity contribution in [2.75, 3.05) is 13.2 Å². The summed E-state index contributed by atoms with van der Waals surface area (Å²) >= 11 is 0. The quantitative estimate of drug-likeness (QED) is 0.855. The number of alkyl halides is 3. The van der Waals surface area contributed by atoms with Crippen LogP contribution >= 0.6 is 0 Å². The number of carbonyl (C=O) groups is 2. The fraction of sp³-hybridized carbons (Fsp3) is 0.375. The van der Waals surface area contributed by atoms with Gasteiger partial charge in [0.15, 0.2) is 0 Å². The number of hydrogen-bond acceptors (Lipinski definition) is 4. The van der Waals surface area contributed by atoms with E-state index in [1.165, 1.54) is 13.0 Å². The minimum Gasteiger partial charge on any atom is -0.395 e. The lowest BCUT2D eigenvalue weighted by Gasteiger charge is -2.35. The zero-order valence-electron chi connectivity index (χ0n) is 13.6. The normalized spacial score (nSPS) is 20.4. The van der Waals surface area contributed by atoms with Crippen LogP contribution in [0.2, 0.25) is 0 Å².